The molecule has 1 aromatic heterocycles. The summed E-state index contributed by atoms with van der Waals surface area (Å²) in [7, 11) is -3.33. The lowest BCUT2D eigenvalue weighted by Crippen LogP contribution is -2.15. The molecule has 0 radical (unpaired) electrons. The second kappa shape index (κ2) is 11.3. The average Bonchev–Trinajstić information content (AvgIpc) is 2.98. The van der Waals surface area contributed by atoms with Crippen molar-refractivity contribution >= 4 is 32.4 Å². The quantitative estimate of drug-likeness (QED) is 0.196. The predicted molar refractivity (Wildman–Crippen MR) is 174 cm³/mol. The largest absolute Gasteiger partial charge is 0.386 e. The van der Waals surface area contributed by atoms with Crippen LogP contribution in [0.1, 0.15) is 55.5 Å². The lowest BCUT2D eigenvalue weighted by Gasteiger charge is -2.19. The molecule has 1 N–H and O–H groups in total. The van der Waals surface area contributed by atoms with E-state index in [1.165, 1.54) is 6.26 Å². The van der Waals surface area contributed by atoms with Crippen LogP contribution in [-0.2, 0) is 20.9 Å². The molecule has 0 aliphatic heterocycles. The van der Waals surface area contributed by atoms with Crippen LogP contribution in [0.15, 0.2) is 108 Å². The lowest BCUT2D eigenvalue weighted by molar-refractivity contribution is 0.0786. The first-order valence-corrected chi connectivity index (χ1v) is 15.9. The van der Waals surface area contributed by atoms with Crippen LogP contribution in [0.4, 0.5) is 0 Å². The highest BCUT2D eigenvalue weighted by Gasteiger charge is 2.22. The van der Waals surface area contributed by atoms with E-state index >= 15 is 0 Å². The molecule has 5 aromatic rings. The minimum Gasteiger partial charge on any atom is -0.386 e. The van der Waals surface area contributed by atoms with Gasteiger partial charge in [0.05, 0.1) is 27.5 Å². The van der Waals surface area contributed by atoms with Crippen LogP contribution in [0.2, 0.25) is 0 Å². The van der Waals surface area contributed by atoms with Gasteiger partial charge in [-0.25, -0.2) is 8.42 Å². The molecule has 0 atom stereocenters. The van der Waals surface area contributed by atoms with Crippen molar-refractivity contribution < 1.29 is 13.5 Å². The first-order chi connectivity index (χ1) is 20.3. The van der Waals surface area contributed by atoms with Crippen molar-refractivity contribution in [2.45, 2.75) is 43.6 Å². The summed E-state index contributed by atoms with van der Waals surface area (Å²) in [5, 5.41) is 21.3. The summed E-state index contributed by atoms with van der Waals surface area (Å²) in [6, 6.07) is 33.2. The minimum absolute atomic E-state index is 0.259. The molecule has 0 saturated heterocycles. The van der Waals surface area contributed by atoms with Crippen LogP contribution in [0.3, 0.4) is 0 Å². The van der Waals surface area contributed by atoms with E-state index in [9.17, 15) is 18.8 Å². The highest BCUT2D eigenvalue weighted by Crippen LogP contribution is 2.35. The topological polar surface area (TPSA) is 91.0 Å². The monoisotopic (exact) mass is 586 g/mol. The van der Waals surface area contributed by atoms with Crippen LogP contribution in [-0.4, -0.2) is 24.8 Å². The Bertz CT molecular complexity index is 1990. The molecule has 5 rings (SSSR count). The zero-order valence-corrected chi connectivity index (χ0v) is 25.8. The van der Waals surface area contributed by atoms with Gasteiger partial charge in [0.2, 0.25) is 0 Å². The van der Waals surface area contributed by atoms with Crippen LogP contribution >= 0.6 is 0 Å². The highest BCUT2D eigenvalue weighted by atomic mass is 32.2. The summed E-state index contributed by atoms with van der Waals surface area (Å²) in [6.45, 7) is 7.33. The van der Waals surface area contributed by atoms with Gasteiger partial charge in [-0.1, -0.05) is 60.7 Å². The third kappa shape index (κ3) is 6.44. The number of sulfone groups is 1. The first kappa shape index (κ1) is 29.9. The van der Waals surface area contributed by atoms with Crippen molar-refractivity contribution in [3.63, 3.8) is 0 Å². The summed E-state index contributed by atoms with van der Waals surface area (Å²) in [6.07, 6.45) is 5.06. The summed E-state index contributed by atoms with van der Waals surface area (Å²) in [5.74, 6) is 0. The number of rotatable bonds is 7. The Morgan fingerprint density at radius 3 is 2.09 bits per heavy atom. The Morgan fingerprint density at radius 1 is 0.837 bits per heavy atom. The van der Waals surface area contributed by atoms with Gasteiger partial charge in [-0.3, -0.25) is 4.98 Å². The van der Waals surface area contributed by atoms with E-state index in [0.29, 0.717) is 0 Å². The number of aliphatic hydroxyl groups is 1. The van der Waals surface area contributed by atoms with Crippen LogP contribution < -0.4 is 0 Å². The van der Waals surface area contributed by atoms with E-state index < -0.39 is 20.9 Å². The normalized spacial score (nSPS) is 12.7. The number of fused-ring (bicyclic) bond motifs is 1. The van der Waals surface area contributed by atoms with Crippen molar-refractivity contribution in [3.8, 4) is 17.2 Å². The van der Waals surface area contributed by atoms with Crippen molar-refractivity contribution in [3.05, 3.63) is 131 Å². The van der Waals surface area contributed by atoms with Gasteiger partial charge in [0.1, 0.15) is 0 Å². The molecule has 0 bridgehead atoms. The molecule has 1 heterocycles. The van der Waals surface area contributed by atoms with Gasteiger partial charge in [-0.05, 0) is 109 Å². The molecule has 6 heteroatoms. The average molecular weight is 587 g/mol. The summed E-state index contributed by atoms with van der Waals surface area (Å²) < 4.78 is 24.2. The van der Waals surface area contributed by atoms with E-state index in [1.807, 2.05) is 86.6 Å². The van der Waals surface area contributed by atoms with Crippen LogP contribution in [0, 0.1) is 11.3 Å². The Morgan fingerprint density at radius 2 is 1.49 bits per heavy atom. The van der Waals surface area contributed by atoms with Crippen LogP contribution in [0.5, 0.6) is 0 Å². The number of benzene rings is 4. The Labute approximate surface area is 253 Å². The van der Waals surface area contributed by atoms with Crippen molar-refractivity contribution in [1.29, 1.82) is 5.26 Å². The van der Waals surface area contributed by atoms with Gasteiger partial charge in [0.15, 0.2) is 9.84 Å². The fourth-order valence-electron chi connectivity index (χ4n) is 5.07. The first-order valence-electron chi connectivity index (χ1n) is 14.0. The second-order valence-corrected chi connectivity index (χ2v) is 14.0. The molecule has 4 aromatic carbocycles. The molecule has 0 saturated carbocycles. The number of nitriles is 1. The maximum Gasteiger partial charge on any atom is 0.175 e. The number of hydrogen-bond donors (Lipinski definition) is 1. The number of aromatic nitrogens is 1. The molecular weight excluding hydrogens is 552 g/mol. The molecule has 216 valence electrons. The van der Waals surface area contributed by atoms with E-state index in [0.717, 1.165) is 55.4 Å². The van der Waals surface area contributed by atoms with Gasteiger partial charge in [-0.2, -0.15) is 5.26 Å². The van der Waals surface area contributed by atoms with E-state index in [-0.39, 0.29) is 4.90 Å². The molecule has 43 heavy (non-hydrogen) atoms. The molecule has 0 aliphatic rings. The highest BCUT2D eigenvalue weighted by molar-refractivity contribution is 7.90. The zero-order valence-electron chi connectivity index (χ0n) is 25.0. The lowest BCUT2D eigenvalue weighted by atomic mass is 9.83. The summed E-state index contributed by atoms with van der Waals surface area (Å²) >= 11 is 0. The molecular formula is C37H34N2O3S. The zero-order chi connectivity index (χ0) is 31.0. The predicted octanol–water partition coefficient (Wildman–Crippen LogP) is 7.92. The Hall–Kier alpha value is -4.57. The number of hydrogen-bond acceptors (Lipinski definition) is 5. The van der Waals surface area contributed by atoms with Gasteiger partial charge in [0, 0.05) is 23.4 Å². The maximum absolute atomic E-state index is 12.1. The van der Waals surface area contributed by atoms with E-state index in [2.05, 4.69) is 29.3 Å². The fraction of sp³-hybridized carbons (Fsp3) is 0.189. The van der Waals surface area contributed by atoms with Crippen molar-refractivity contribution in [2.24, 2.45) is 0 Å². The van der Waals surface area contributed by atoms with E-state index in [4.69, 9.17) is 0 Å². The smallest absolute Gasteiger partial charge is 0.175 e. The third-order valence-electron chi connectivity index (χ3n) is 7.71. The second-order valence-electron chi connectivity index (χ2n) is 12.0. The van der Waals surface area contributed by atoms with Gasteiger partial charge in [-0.15, -0.1) is 0 Å². The Kier molecular flexibility index (Phi) is 7.83. The number of nitrogens with zero attached hydrogens (tertiary/aromatic N) is 2. The third-order valence-corrected chi connectivity index (χ3v) is 8.84. The van der Waals surface area contributed by atoms with Crippen molar-refractivity contribution in [2.75, 3.05) is 6.26 Å². The maximum atomic E-state index is 12.1. The molecule has 0 unspecified atom stereocenters. The van der Waals surface area contributed by atoms with Gasteiger partial charge in [0.25, 0.3) is 0 Å². The molecule has 0 amide bonds. The SMILES string of the molecule is CC(C)(O)c1ccc(/C(=C\c2cccc(-c3cc(C(C)(C)C#N)cc4cccnc34)c2)c2ccc(S(C)(=O)=O)cc2)cc1. The summed E-state index contributed by atoms with van der Waals surface area (Å²) in [5.41, 5.74) is 6.49. The standard InChI is InChI=1S/C37H34N2O3S/c1-36(2,24-38)31-22-29-10-7-19-39-35(29)34(23-31)28-9-6-8-25(20-28)21-33(26-11-15-30(16-12-26)37(3,4)40)27-13-17-32(18-14-27)43(5,41)42/h6-23,40H,1-5H3/b33-21+. The minimum atomic E-state index is -3.33. The van der Waals surface area contributed by atoms with Gasteiger partial charge < -0.3 is 5.11 Å². The molecule has 5 nitrogen and oxygen atoms in total. The van der Waals surface area contributed by atoms with Gasteiger partial charge >= 0.3 is 0 Å². The molecule has 0 fully saturated rings. The Balaban J connectivity index is 1.67. The number of pyridine rings is 1. The van der Waals surface area contributed by atoms with Crippen molar-refractivity contribution in [1.82, 2.24) is 4.98 Å². The molecule has 0 aliphatic carbocycles. The van der Waals surface area contributed by atoms with Crippen LogP contribution in [0.25, 0.3) is 33.7 Å². The fourth-order valence-corrected chi connectivity index (χ4v) is 5.70. The van der Waals surface area contributed by atoms with E-state index in [1.54, 1.807) is 32.2 Å². The molecule has 0 spiro atoms. The summed E-state index contributed by atoms with van der Waals surface area (Å²) in [4.78, 5) is 4.94.